The zero-order valence-electron chi connectivity index (χ0n) is 4.20. The van der Waals surface area contributed by atoms with Crippen LogP contribution in [0.3, 0.4) is 0 Å². The van der Waals surface area contributed by atoms with E-state index in [1.165, 1.54) is 19.1 Å². The Morgan fingerprint density at radius 2 is 2.14 bits per heavy atom. The topological polar surface area (TPSA) is 23.9 Å². The van der Waals surface area contributed by atoms with E-state index in [4.69, 9.17) is 5.41 Å². The molecule has 0 unspecified atom stereocenters. The Hall–Kier alpha value is 0.670. The Labute approximate surface area is 67.3 Å². The third kappa shape index (κ3) is 10.8. The predicted molar refractivity (Wildman–Crippen MR) is 35.5 cm³/mol. The summed E-state index contributed by atoms with van der Waals surface area (Å²) in [6.45, 7) is 2.13. The van der Waals surface area contributed by atoms with Crippen LogP contribution in [0.5, 0.6) is 0 Å². The second kappa shape index (κ2) is 9.83. The third-order valence-electron chi connectivity index (χ3n) is 0.702. The van der Waals surface area contributed by atoms with Gasteiger partial charge in [-0.1, -0.05) is 13.3 Å². The van der Waals surface area contributed by atoms with Crippen LogP contribution in [-0.2, 0) is 0 Å². The van der Waals surface area contributed by atoms with Crippen molar-refractivity contribution in [3.63, 3.8) is 0 Å². The molecule has 2 heteroatoms. The molecule has 0 aliphatic rings. The van der Waals surface area contributed by atoms with Crippen LogP contribution < -0.4 is 0 Å². The van der Waals surface area contributed by atoms with Gasteiger partial charge in [0.15, 0.2) is 0 Å². The van der Waals surface area contributed by atoms with Crippen molar-refractivity contribution in [1.29, 1.82) is 5.41 Å². The first kappa shape index (κ1) is 10.6. The molecule has 0 bridgehead atoms. The summed E-state index contributed by atoms with van der Waals surface area (Å²) >= 11 is 0. The van der Waals surface area contributed by atoms with Gasteiger partial charge in [-0.25, -0.2) is 0 Å². The van der Waals surface area contributed by atoms with E-state index in [9.17, 15) is 0 Å². The van der Waals surface area contributed by atoms with E-state index < -0.39 is 0 Å². The van der Waals surface area contributed by atoms with E-state index in [2.05, 4.69) is 6.92 Å². The molecule has 0 aliphatic carbocycles. The van der Waals surface area contributed by atoms with Crippen LogP contribution in [0, 0.1) is 5.41 Å². The minimum absolute atomic E-state index is 0. The Morgan fingerprint density at radius 3 is 2.29 bits per heavy atom. The van der Waals surface area contributed by atoms with Crippen LogP contribution in [0.25, 0.3) is 0 Å². The fraction of sp³-hybridized carbons (Fsp3) is 0.800. The van der Waals surface area contributed by atoms with E-state index in [-0.39, 0.29) is 29.6 Å². The third-order valence-corrected chi connectivity index (χ3v) is 0.702. The van der Waals surface area contributed by atoms with Crippen molar-refractivity contribution in [2.24, 2.45) is 0 Å². The van der Waals surface area contributed by atoms with Crippen molar-refractivity contribution in [3.05, 3.63) is 0 Å². The summed E-state index contributed by atoms with van der Waals surface area (Å²) in [5, 5.41) is 6.58. The van der Waals surface area contributed by atoms with E-state index in [1.54, 1.807) is 0 Å². The molecule has 0 amide bonds. The number of hydrogen-bond donors (Lipinski definition) is 1. The second-order valence-corrected chi connectivity index (χ2v) is 1.35. The molecule has 0 aromatic heterocycles. The average molecular weight is 109 g/mol. The number of nitrogens with one attached hydrogen (secondary N) is 1. The van der Waals surface area contributed by atoms with Gasteiger partial charge in [0.25, 0.3) is 0 Å². The monoisotopic (exact) mass is 109 g/mol. The van der Waals surface area contributed by atoms with Crippen LogP contribution in [-0.4, -0.2) is 35.8 Å². The van der Waals surface area contributed by atoms with Gasteiger partial charge in [-0.2, -0.15) is 0 Å². The van der Waals surface area contributed by atoms with Gasteiger partial charge in [-0.05, 0) is 19.1 Å². The fourth-order valence-electron chi connectivity index (χ4n) is 0.306. The van der Waals surface area contributed by atoms with Crippen molar-refractivity contribution in [2.75, 3.05) is 0 Å². The van der Waals surface area contributed by atoms with E-state index in [0.717, 1.165) is 6.42 Å². The predicted octanol–water partition coefficient (Wildman–Crippen LogP) is 1.18. The van der Waals surface area contributed by atoms with E-state index in [1.807, 2.05) is 0 Å². The molecule has 0 radical (unpaired) electrons. The molecule has 0 aliphatic heterocycles. The number of rotatable bonds is 3. The maximum absolute atomic E-state index is 6.58. The maximum atomic E-state index is 6.58. The summed E-state index contributed by atoms with van der Waals surface area (Å²) in [5.41, 5.74) is 0. The summed E-state index contributed by atoms with van der Waals surface area (Å²) in [6, 6.07) is 0. The number of hydrogen-bond acceptors (Lipinski definition) is 1. The first-order valence-electron chi connectivity index (χ1n) is 2.40. The van der Waals surface area contributed by atoms with Gasteiger partial charge in [-0.3, -0.25) is 0 Å². The molecule has 7 heavy (non-hydrogen) atoms. The Bertz CT molecular complexity index is 37.1. The van der Waals surface area contributed by atoms with Gasteiger partial charge in [0.05, 0.1) is 0 Å². The standard InChI is InChI=1S/C5H11N.Na.H/c1-2-3-4-5-6;;/h5-6H,2-4H2,1H3;;. The molecule has 1 N–H and O–H groups in total. The zero-order valence-corrected chi connectivity index (χ0v) is 4.20. The first-order chi connectivity index (χ1) is 2.91. The summed E-state index contributed by atoms with van der Waals surface area (Å²) < 4.78 is 0. The molecule has 0 saturated heterocycles. The molecule has 0 spiro atoms. The van der Waals surface area contributed by atoms with Crippen molar-refractivity contribution >= 4 is 35.8 Å². The molecule has 0 rings (SSSR count). The Balaban J connectivity index is 0. The molecule has 38 valence electrons. The Kier molecular flexibility index (Phi) is 14.9. The molecule has 0 aromatic rings. The van der Waals surface area contributed by atoms with Crippen molar-refractivity contribution in [2.45, 2.75) is 26.2 Å². The normalized spacial score (nSPS) is 7.00. The zero-order chi connectivity index (χ0) is 4.83. The SMILES string of the molecule is CCCCC=N.[NaH]. The molecule has 0 heterocycles. The average Bonchev–Trinajstić information content (AvgIpc) is 1.61. The quantitative estimate of drug-likeness (QED) is 0.319. The number of unbranched alkanes of at least 4 members (excludes halogenated alkanes) is 2. The second-order valence-electron chi connectivity index (χ2n) is 1.35. The molecule has 0 fully saturated rings. The van der Waals surface area contributed by atoms with Gasteiger partial charge in [0.1, 0.15) is 0 Å². The molecular weight excluding hydrogens is 97.1 g/mol. The van der Waals surface area contributed by atoms with Crippen LogP contribution in [0.2, 0.25) is 0 Å². The van der Waals surface area contributed by atoms with Gasteiger partial charge in [0, 0.05) is 0 Å². The van der Waals surface area contributed by atoms with Gasteiger partial charge in [0.2, 0.25) is 0 Å². The molecular formula is C5H12NNa. The summed E-state index contributed by atoms with van der Waals surface area (Å²) in [5.74, 6) is 0. The van der Waals surface area contributed by atoms with Crippen LogP contribution >= 0.6 is 0 Å². The minimum atomic E-state index is 0. The molecule has 0 saturated carbocycles. The molecule has 0 aromatic carbocycles. The first-order valence-corrected chi connectivity index (χ1v) is 2.40. The summed E-state index contributed by atoms with van der Waals surface area (Å²) in [4.78, 5) is 0. The van der Waals surface area contributed by atoms with Gasteiger partial charge in [-0.15, -0.1) is 0 Å². The van der Waals surface area contributed by atoms with Crippen LogP contribution in [0.1, 0.15) is 26.2 Å². The fourth-order valence-corrected chi connectivity index (χ4v) is 0.306. The summed E-state index contributed by atoms with van der Waals surface area (Å²) in [7, 11) is 0. The van der Waals surface area contributed by atoms with Crippen LogP contribution in [0.15, 0.2) is 0 Å². The van der Waals surface area contributed by atoms with Gasteiger partial charge >= 0.3 is 29.6 Å². The van der Waals surface area contributed by atoms with Crippen LogP contribution in [0.4, 0.5) is 0 Å². The van der Waals surface area contributed by atoms with E-state index in [0.29, 0.717) is 0 Å². The van der Waals surface area contributed by atoms with Crippen molar-refractivity contribution < 1.29 is 0 Å². The Morgan fingerprint density at radius 1 is 1.57 bits per heavy atom. The van der Waals surface area contributed by atoms with Crippen molar-refractivity contribution in [1.82, 2.24) is 0 Å². The molecule has 1 nitrogen and oxygen atoms in total. The van der Waals surface area contributed by atoms with E-state index >= 15 is 0 Å². The van der Waals surface area contributed by atoms with Gasteiger partial charge < -0.3 is 5.41 Å². The molecule has 0 atom stereocenters. The summed E-state index contributed by atoms with van der Waals surface area (Å²) in [6.07, 6.45) is 4.79. The van der Waals surface area contributed by atoms with Crippen molar-refractivity contribution in [3.8, 4) is 0 Å².